The second-order valence-electron chi connectivity index (χ2n) is 3.71. The Bertz CT molecular complexity index is 473. The third kappa shape index (κ3) is 4.46. The Morgan fingerprint density at radius 3 is 2.26 bits per heavy atom. The van der Waals surface area contributed by atoms with Crippen molar-refractivity contribution < 1.29 is 23.8 Å². The summed E-state index contributed by atoms with van der Waals surface area (Å²) in [5.74, 6) is -0.181. The lowest BCUT2D eigenvalue weighted by Crippen LogP contribution is -2.04. The topological polar surface area (TPSA) is 61.8 Å². The molecule has 0 aromatic heterocycles. The summed E-state index contributed by atoms with van der Waals surface area (Å²) < 4.78 is 14.5. The lowest BCUT2D eigenvalue weighted by Gasteiger charge is -2.05. The highest BCUT2D eigenvalue weighted by molar-refractivity contribution is 5.89. The van der Waals surface area contributed by atoms with Gasteiger partial charge in [-0.3, -0.25) is 0 Å². The van der Waals surface area contributed by atoms with Crippen LogP contribution in [0.25, 0.3) is 0 Å². The molecule has 0 amide bonds. The van der Waals surface area contributed by atoms with Gasteiger partial charge in [0.1, 0.15) is 12.4 Å². The van der Waals surface area contributed by atoms with Crippen molar-refractivity contribution in [2.45, 2.75) is 6.92 Å². The molecular formula is C14H16O5. The number of carbonyl (C=O) groups excluding carboxylic acids is 2. The normalized spacial score (nSPS) is 10.8. The average Bonchev–Trinajstić information content (AvgIpc) is 2.46. The highest BCUT2D eigenvalue weighted by Gasteiger charge is 2.05. The zero-order valence-electron chi connectivity index (χ0n) is 11.1. The predicted molar refractivity (Wildman–Crippen MR) is 69.0 cm³/mol. The van der Waals surface area contributed by atoms with E-state index in [0.717, 1.165) is 0 Å². The van der Waals surface area contributed by atoms with Gasteiger partial charge in [0.25, 0.3) is 0 Å². The van der Waals surface area contributed by atoms with Crippen LogP contribution in [0.5, 0.6) is 5.75 Å². The van der Waals surface area contributed by atoms with E-state index < -0.39 is 5.97 Å². The van der Waals surface area contributed by atoms with Crippen molar-refractivity contribution in [2.24, 2.45) is 0 Å². The monoisotopic (exact) mass is 264 g/mol. The van der Waals surface area contributed by atoms with Gasteiger partial charge in [-0.1, -0.05) is 0 Å². The first-order valence-electron chi connectivity index (χ1n) is 5.64. The van der Waals surface area contributed by atoms with Crippen LogP contribution in [0.2, 0.25) is 0 Å². The van der Waals surface area contributed by atoms with Crippen LogP contribution in [0.4, 0.5) is 0 Å². The Balaban J connectivity index is 2.55. The van der Waals surface area contributed by atoms with E-state index in [2.05, 4.69) is 9.47 Å². The van der Waals surface area contributed by atoms with Crippen LogP contribution in [-0.4, -0.2) is 32.8 Å². The van der Waals surface area contributed by atoms with E-state index in [4.69, 9.17) is 4.74 Å². The predicted octanol–water partition coefficient (Wildman–Crippen LogP) is 1.97. The summed E-state index contributed by atoms with van der Waals surface area (Å²) in [5, 5.41) is 0. The van der Waals surface area contributed by atoms with Crippen molar-refractivity contribution in [3.8, 4) is 5.75 Å². The molecule has 0 spiro atoms. The average molecular weight is 264 g/mol. The molecule has 0 saturated heterocycles. The summed E-state index contributed by atoms with van der Waals surface area (Å²) in [6, 6.07) is 6.54. The molecule has 0 saturated carbocycles. The third-order valence-corrected chi connectivity index (χ3v) is 2.42. The van der Waals surface area contributed by atoms with E-state index in [1.54, 1.807) is 37.3 Å². The van der Waals surface area contributed by atoms with Gasteiger partial charge in [-0.05, 0) is 37.3 Å². The highest BCUT2D eigenvalue weighted by Crippen LogP contribution is 2.13. The minimum Gasteiger partial charge on any atom is -0.490 e. The molecule has 0 radical (unpaired) electrons. The summed E-state index contributed by atoms with van der Waals surface area (Å²) in [6.45, 7) is 1.90. The Kier molecular flexibility index (Phi) is 5.60. The molecule has 0 aliphatic carbocycles. The van der Waals surface area contributed by atoms with E-state index in [9.17, 15) is 9.59 Å². The summed E-state index contributed by atoms with van der Waals surface area (Å²) >= 11 is 0. The number of esters is 2. The van der Waals surface area contributed by atoms with Crippen LogP contribution in [0.3, 0.4) is 0 Å². The fraction of sp³-hybridized carbons (Fsp3) is 0.286. The van der Waals surface area contributed by atoms with Crippen molar-refractivity contribution in [3.63, 3.8) is 0 Å². The number of methoxy groups -OCH3 is 2. The molecule has 0 bridgehead atoms. The first-order valence-corrected chi connectivity index (χ1v) is 5.64. The van der Waals surface area contributed by atoms with Crippen molar-refractivity contribution >= 4 is 11.9 Å². The van der Waals surface area contributed by atoms with E-state index >= 15 is 0 Å². The first kappa shape index (κ1) is 14.8. The molecule has 0 fully saturated rings. The Hall–Kier alpha value is -2.30. The highest BCUT2D eigenvalue weighted by atomic mass is 16.5. The molecule has 0 N–H and O–H groups in total. The van der Waals surface area contributed by atoms with Crippen molar-refractivity contribution in [1.82, 2.24) is 0 Å². The molecule has 5 heteroatoms. The number of hydrogen-bond donors (Lipinski definition) is 0. The van der Waals surface area contributed by atoms with Gasteiger partial charge in [-0.15, -0.1) is 0 Å². The Labute approximate surface area is 111 Å². The second-order valence-corrected chi connectivity index (χ2v) is 3.71. The fourth-order valence-corrected chi connectivity index (χ4v) is 1.31. The number of carbonyl (C=O) groups is 2. The molecule has 0 unspecified atom stereocenters. The van der Waals surface area contributed by atoms with Crippen LogP contribution in [-0.2, 0) is 14.3 Å². The number of benzene rings is 1. The van der Waals surface area contributed by atoms with E-state index in [0.29, 0.717) is 16.9 Å². The lowest BCUT2D eigenvalue weighted by atomic mass is 10.2. The molecule has 102 valence electrons. The second kappa shape index (κ2) is 7.20. The summed E-state index contributed by atoms with van der Waals surface area (Å²) in [7, 11) is 2.65. The largest absolute Gasteiger partial charge is 0.490 e. The van der Waals surface area contributed by atoms with E-state index in [1.165, 1.54) is 14.2 Å². The zero-order valence-corrected chi connectivity index (χ0v) is 11.1. The van der Waals surface area contributed by atoms with Gasteiger partial charge in [0, 0.05) is 5.57 Å². The summed E-state index contributed by atoms with van der Waals surface area (Å²) in [4.78, 5) is 22.3. The van der Waals surface area contributed by atoms with Crippen molar-refractivity contribution in [1.29, 1.82) is 0 Å². The standard InChI is InChI=1S/C14H16O5/c1-10(13(15)17-2)8-9-19-12-6-4-11(5-7-12)14(16)18-3/h4-8H,9H2,1-3H3/b10-8+. The molecule has 1 aromatic rings. The maximum atomic E-state index is 11.2. The molecule has 0 atom stereocenters. The molecule has 0 aliphatic rings. The third-order valence-electron chi connectivity index (χ3n) is 2.42. The Morgan fingerprint density at radius 1 is 1.11 bits per heavy atom. The van der Waals surface area contributed by atoms with Crippen LogP contribution < -0.4 is 4.74 Å². The van der Waals surface area contributed by atoms with E-state index in [-0.39, 0.29) is 12.6 Å². The van der Waals surface area contributed by atoms with Gasteiger partial charge in [0.2, 0.25) is 0 Å². The van der Waals surface area contributed by atoms with Gasteiger partial charge in [-0.2, -0.15) is 0 Å². The van der Waals surface area contributed by atoms with Crippen molar-refractivity contribution in [2.75, 3.05) is 20.8 Å². The van der Waals surface area contributed by atoms with Crippen LogP contribution in [0, 0.1) is 0 Å². The van der Waals surface area contributed by atoms with Gasteiger partial charge >= 0.3 is 11.9 Å². The smallest absolute Gasteiger partial charge is 0.337 e. The maximum Gasteiger partial charge on any atom is 0.337 e. The molecule has 0 heterocycles. The van der Waals surface area contributed by atoms with Crippen molar-refractivity contribution in [3.05, 3.63) is 41.5 Å². The molecular weight excluding hydrogens is 248 g/mol. The molecule has 19 heavy (non-hydrogen) atoms. The number of ether oxygens (including phenoxy) is 3. The van der Waals surface area contributed by atoms with E-state index in [1.807, 2.05) is 0 Å². The van der Waals surface area contributed by atoms with Crippen LogP contribution in [0.15, 0.2) is 35.9 Å². The number of hydrogen-bond acceptors (Lipinski definition) is 5. The minimum absolute atomic E-state index is 0.249. The zero-order chi connectivity index (χ0) is 14.3. The molecule has 1 rings (SSSR count). The van der Waals surface area contributed by atoms with Crippen LogP contribution in [0.1, 0.15) is 17.3 Å². The van der Waals surface area contributed by atoms with Gasteiger partial charge < -0.3 is 14.2 Å². The number of rotatable bonds is 5. The molecule has 0 aliphatic heterocycles. The lowest BCUT2D eigenvalue weighted by molar-refractivity contribution is -0.136. The SMILES string of the molecule is COC(=O)/C(C)=C/COc1ccc(C(=O)OC)cc1. The van der Waals surface area contributed by atoms with Crippen LogP contribution >= 0.6 is 0 Å². The first-order chi connectivity index (χ1) is 9.08. The summed E-state index contributed by atoms with van der Waals surface area (Å²) in [6.07, 6.45) is 1.63. The van der Waals surface area contributed by atoms with Gasteiger partial charge in [-0.25, -0.2) is 9.59 Å². The molecule has 5 nitrogen and oxygen atoms in total. The minimum atomic E-state index is -0.395. The fourth-order valence-electron chi connectivity index (χ4n) is 1.31. The Morgan fingerprint density at radius 2 is 1.74 bits per heavy atom. The molecule has 1 aromatic carbocycles. The maximum absolute atomic E-state index is 11.2. The quantitative estimate of drug-likeness (QED) is 0.601. The van der Waals surface area contributed by atoms with Gasteiger partial charge in [0.15, 0.2) is 0 Å². The summed E-state index contributed by atoms with van der Waals surface area (Å²) in [5.41, 5.74) is 0.935. The van der Waals surface area contributed by atoms with Gasteiger partial charge in [0.05, 0.1) is 19.8 Å².